The van der Waals surface area contributed by atoms with Crippen molar-refractivity contribution in [2.24, 2.45) is 0 Å². The molecule has 0 saturated carbocycles. The number of likely N-dealkylation sites (tertiary alicyclic amines) is 1. The molecule has 3 rings (SSSR count). The summed E-state index contributed by atoms with van der Waals surface area (Å²) in [6, 6.07) is 8.36. The molecule has 1 aliphatic heterocycles. The van der Waals surface area contributed by atoms with Crippen LogP contribution in [0.25, 0.3) is 0 Å². The smallest absolute Gasteiger partial charge is 0.0345 e. The lowest BCUT2D eigenvalue weighted by molar-refractivity contribution is 0.230. The molecule has 1 N–H and O–H groups in total. The van der Waals surface area contributed by atoms with Crippen LogP contribution < -0.4 is 5.32 Å². The Morgan fingerprint density at radius 1 is 1.05 bits per heavy atom. The molecule has 110 valence electrons. The molecule has 2 heteroatoms. The van der Waals surface area contributed by atoms with Gasteiger partial charge in [-0.25, -0.2) is 0 Å². The van der Waals surface area contributed by atoms with Gasteiger partial charge in [-0.1, -0.05) is 6.07 Å². The van der Waals surface area contributed by atoms with Crippen molar-refractivity contribution in [3.63, 3.8) is 0 Å². The monoisotopic (exact) mass is 272 g/mol. The molecule has 1 saturated heterocycles. The lowest BCUT2D eigenvalue weighted by Gasteiger charge is -2.24. The largest absolute Gasteiger partial charge is 0.382 e. The molecule has 2 nitrogen and oxygen atoms in total. The summed E-state index contributed by atoms with van der Waals surface area (Å²) in [7, 11) is 0. The maximum atomic E-state index is 3.78. The third-order valence-electron chi connectivity index (χ3n) is 4.96. The van der Waals surface area contributed by atoms with Crippen molar-refractivity contribution in [1.82, 2.24) is 4.90 Å². The Hall–Kier alpha value is -1.02. The van der Waals surface area contributed by atoms with Crippen LogP contribution in [-0.2, 0) is 12.8 Å². The fourth-order valence-corrected chi connectivity index (χ4v) is 3.68. The number of fused-ring (bicyclic) bond motifs is 1. The van der Waals surface area contributed by atoms with E-state index in [0.717, 1.165) is 0 Å². The summed E-state index contributed by atoms with van der Waals surface area (Å²) in [5, 5.41) is 3.78. The van der Waals surface area contributed by atoms with Crippen LogP contribution >= 0.6 is 0 Å². The Morgan fingerprint density at radius 2 is 1.90 bits per heavy atom. The van der Waals surface area contributed by atoms with Gasteiger partial charge in [0.15, 0.2) is 0 Å². The highest BCUT2D eigenvalue weighted by Crippen LogP contribution is 2.26. The summed E-state index contributed by atoms with van der Waals surface area (Å²) in [5.74, 6) is 0. The van der Waals surface area contributed by atoms with Gasteiger partial charge in [0.05, 0.1) is 0 Å². The molecule has 0 amide bonds. The van der Waals surface area contributed by atoms with Crippen LogP contribution in [0.3, 0.4) is 0 Å². The lowest BCUT2D eigenvalue weighted by atomic mass is 10.1. The molecular weight excluding hydrogens is 244 g/mol. The molecule has 1 aromatic carbocycles. The second-order valence-electron chi connectivity index (χ2n) is 6.74. The average Bonchev–Trinajstić information content (AvgIpc) is 2.76. The van der Waals surface area contributed by atoms with E-state index in [1.165, 1.54) is 57.3 Å². The highest BCUT2D eigenvalue weighted by Gasteiger charge is 2.19. The third-order valence-corrected chi connectivity index (χ3v) is 4.96. The minimum Gasteiger partial charge on any atom is -0.382 e. The Balaban J connectivity index is 1.60. The number of hydrogen-bond acceptors (Lipinski definition) is 2. The fourth-order valence-electron chi connectivity index (χ4n) is 3.68. The van der Waals surface area contributed by atoms with Gasteiger partial charge in [-0.05, 0) is 82.2 Å². The lowest BCUT2D eigenvalue weighted by Crippen LogP contribution is -2.32. The second kappa shape index (κ2) is 6.17. The predicted molar refractivity (Wildman–Crippen MR) is 86.4 cm³/mol. The maximum absolute atomic E-state index is 3.78. The van der Waals surface area contributed by atoms with E-state index < -0.39 is 0 Å². The van der Waals surface area contributed by atoms with E-state index in [1.54, 1.807) is 11.1 Å². The average molecular weight is 272 g/mol. The van der Waals surface area contributed by atoms with Gasteiger partial charge in [0.2, 0.25) is 0 Å². The Bertz CT molecular complexity index is 453. The Labute approximate surface area is 123 Å². The number of rotatable bonds is 3. The first-order valence-corrected chi connectivity index (χ1v) is 8.35. The molecule has 1 aliphatic carbocycles. The van der Waals surface area contributed by atoms with E-state index in [0.29, 0.717) is 12.1 Å². The predicted octanol–water partition coefficient (Wildman–Crippen LogP) is 3.85. The number of hydrogen-bond donors (Lipinski definition) is 1. The summed E-state index contributed by atoms with van der Waals surface area (Å²) in [6.45, 7) is 7.13. The van der Waals surface area contributed by atoms with Crippen molar-refractivity contribution in [1.29, 1.82) is 0 Å². The minimum atomic E-state index is 0.651. The third kappa shape index (κ3) is 3.17. The van der Waals surface area contributed by atoms with Crippen molar-refractivity contribution in [3.05, 3.63) is 29.3 Å². The van der Waals surface area contributed by atoms with Gasteiger partial charge in [-0.3, -0.25) is 0 Å². The van der Waals surface area contributed by atoms with E-state index in [-0.39, 0.29) is 0 Å². The second-order valence-corrected chi connectivity index (χ2v) is 6.74. The summed E-state index contributed by atoms with van der Waals surface area (Å²) in [5.41, 5.74) is 4.49. The van der Waals surface area contributed by atoms with Gasteiger partial charge in [0.1, 0.15) is 0 Å². The van der Waals surface area contributed by atoms with Crippen LogP contribution in [0.4, 0.5) is 5.69 Å². The number of nitrogens with zero attached hydrogens (tertiary/aromatic N) is 1. The zero-order chi connectivity index (χ0) is 13.9. The van der Waals surface area contributed by atoms with Crippen LogP contribution in [0.1, 0.15) is 50.7 Å². The first kappa shape index (κ1) is 13.9. The molecule has 0 aromatic heterocycles. The summed E-state index contributed by atoms with van der Waals surface area (Å²) in [4.78, 5) is 2.62. The van der Waals surface area contributed by atoms with E-state index in [2.05, 4.69) is 42.3 Å². The van der Waals surface area contributed by atoms with E-state index in [4.69, 9.17) is 0 Å². The zero-order valence-corrected chi connectivity index (χ0v) is 13.0. The van der Waals surface area contributed by atoms with Crippen LogP contribution in [-0.4, -0.2) is 30.1 Å². The van der Waals surface area contributed by atoms with Gasteiger partial charge in [-0.15, -0.1) is 0 Å². The topological polar surface area (TPSA) is 15.3 Å². The molecule has 1 heterocycles. The maximum Gasteiger partial charge on any atom is 0.0345 e. The summed E-state index contributed by atoms with van der Waals surface area (Å²) < 4.78 is 0. The molecule has 0 spiro atoms. The van der Waals surface area contributed by atoms with Gasteiger partial charge >= 0.3 is 0 Å². The Kier molecular flexibility index (Phi) is 4.30. The standard InChI is InChI=1S/C18H28N2/c1-14(2)20-11-4-7-17(10-12-20)19-18-9-8-15-5-3-6-16(15)13-18/h8-9,13-14,17,19H,3-7,10-12H2,1-2H3. The normalized spacial score (nSPS) is 23.6. The SMILES string of the molecule is CC(C)N1CCCC(Nc2ccc3c(c2)CCC3)CC1. The number of anilines is 1. The van der Waals surface area contributed by atoms with Gasteiger partial charge < -0.3 is 10.2 Å². The van der Waals surface area contributed by atoms with Crippen LogP contribution in [0.15, 0.2) is 18.2 Å². The molecule has 0 radical (unpaired) electrons. The van der Waals surface area contributed by atoms with Crippen LogP contribution in [0.2, 0.25) is 0 Å². The van der Waals surface area contributed by atoms with E-state index >= 15 is 0 Å². The first-order valence-electron chi connectivity index (χ1n) is 8.35. The molecule has 2 aliphatic rings. The number of benzene rings is 1. The highest BCUT2D eigenvalue weighted by atomic mass is 15.1. The minimum absolute atomic E-state index is 0.651. The zero-order valence-electron chi connectivity index (χ0n) is 13.0. The molecule has 1 atom stereocenters. The van der Waals surface area contributed by atoms with Crippen molar-refractivity contribution in [3.8, 4) is 0 Å². The quantitative estimate of drug-likeness (QED) is 0.899. The van der Waals surface area contributed by atoms with Crippen LogP contribution in [0, 0.1) is 0 Å². The van der Waals surface area contributed by atoms with Gasteiger partial charge in [0, 0.05) is 24.3 Å². The Morgan fingerprint density at radius 3 is 2.75 bits per heavy atom. The van der Waals surface area contributed by atoms with Gasteiger partial charge in [-0.2, -0.15) is 0 Å². The molecule has 1 unspecified atom stereocenters. The summed E-state index contributed by atoms with van der Waals surface area (Å²) >= 11 is 0. The van der Waals surface area contributed by atoms with Crippen molar-refractivity contribution >= 4 is 5.69 Å². The molecule has 0 bridgehead atoms. The fraction of sp³-hybridized carbons (Fsp3) is 0.667. The molecular formula is C18H28N2. The van der Waals surface area contributed by atoms with Crippen molar-refractivity contribution < 1.29 is 0 Å². The molecule has 1 aromatic rings. The summed E-state index contributed by atoms with van der Waals surface area (Å²) in [6.07, 6.45) is 7.79. The van der Waals surface area contributed by atoms with E-state index in [9.17, 15) is 0 Å². The first-order chi connectivity index (χ1) is 9.72. The van der Waals surface area contributed by atoms with E-state index in [1.807, 2.05) is 0 Å². The van der Waals surface area contributed by atoms with Crippen LogP contribution in [0.5, 0.6) is 0 Å². The highest BCUT2D eigenvalue weighted by molar-refractivity contribution is 5.50. The number of aryl methyl sites for hydroxylation is 2. The molecule has 1 fully saturated rings. The van der Waals surface area contributed by atoms with Crippen molar-refractivity contribution in [2.45, 2.75) is 64.5 Å². The molecule has 20 heavy (non-hydrogen) atoms. The van der Waals surface area contributed by atoms with Crippen molar-refractivity contribution in [2.75, 3.05) is 18.4 Å². The van der Waals surface area contributed by atoms with Gasteiger partial charge in [0.25, 0.3) is 0 Å². The number of nitrogens with one attached hydrogen (secondary N) is 1.